The SMILES string of the molecule is CCOC(=O)CCN1C(=O)C(C)(C)Oc2ccc(C)cc21. The highest BCUT2D eigenvalue weighted by atomic mass is 16.5. The van der Waals surface area contributed by atoms with E-state index >= 15 is 0 Å². The van der Waals surface area contributed by atoms with Crippen LogP contribution in [0, 0.1) is 6.92 Å². The highest BCUT2D eigenvalue weighted by molar-refractivity contribution is 6.02. The predicted molar refractivity (Wildman–Crippen MR) is 79.5 cm³/mol. The Morgan fingerprint density at radius 1 is 1.38 bits per heavy atom. The number of nitrogens with zero attached hydrogens (tertiary/aromatic N) is 1. The molecule has 0 aliphatic carbocycles. The van der Waals surface area contributed by atoms with E-state index in [1.165, 1.54) is 0 Å². The number of rotatable bonds is 4. The summed E-state index contributed by atoms with van der Waals surface area (Å²) in [5.74, 6) is 0.211. The molecule has 0 bridgehead atoms. The quantitative estimate of drug-likeness (QED) is 0.800. The van der Waals surface area contributed by atoms with Crippen molar-refractivity contribution < 1.29 is 19.1 Å². The number of aryl methyl sites for hydroxylation is 1. The van der Waals surface area contributed by atoms with Gasteiger partial charge in [-0.25, -0.2) is 0 Å². The molecule has 1 aromatic carbocycles. The number of amides is 1. The van der Waals surface area contributed by atoms with Gasteiger partial charge in [0.15, 0.2) is 5.60 Å². The molecule has 0 fully saturated rings. The van der Waals surface area contributed by atoms with Crippen molar-refractivity contribution in [3.8, 4) is 5.75 Å². The highest BCUT2D eigenvalue weighted by Crippen LogP contribution is 2.38. The number of ether oxygens (including phenoxy) is 2. The van der Waals surface area contributed by atoms with Gasteiger partial charge >= 0.3 is 5.97 Å². The summed E-state index contributed by atoms with van der Waals surface area (Å²) in [4.78, 5) is 25.7. The first-order chi connectivity index (χ1) is 9.85. The Labute approximate surface area is 124 Å². The van der Waals surface area contributed by atoms with Crippen molar-refractivity contribution in [2.45, 2.75) is 39.7 Å². The molecule has 21 heavy (non-hydrogen) atoms. The van der Waals surface area contributed by atoms with Crippen LogP contribution in [0.3, 0.4) is 0 Å². The standard InChI is InChI=1S/C16H21NO4/c1-5-20-14(18)8-9-17-12-10-11(2)6-7-13(12)21-16(3,4)15(17)19/h6-7,10H,5,8-9H2,1-4H3. The number of carbonyl (C=O) groups excluding carboxylic acids is 2. The first-order valence-corrected chi connectivity index (χ1v) is 7.12. The van der Waals surface area contributed by atoms with Crippen LogP contribution in [0.5, 0.6) is 5.75 Å². The number of benzene rings is 1. The molecule has 1 aliphatic rings. The summed E-state index contributed by atoms with van der Waals surface area (Å²) in [6, 6.07) is 5.69. The van der Waals surface area contributed by atoms with Crippen LogP contribution in [0.1, 0.15) is 32.8 Å². The van der Waals surface area contributed by atoms with Crippen molar-refractivity contribution >= 4 is 17.6 Å². The van der Waals surface area contributed by atoms with Crippen molar-refractivity contribution in [2.24, 2.45) is 0 Å². The van der Waals surface area contributed by atoms with Gasteiger partial charge in [0.1, 0.15) is 5.75 Å². The molecule has 0 N–H and O–H groups in total. The minimum atomic E-state index is -0.934. The normalized spacial score (nSPS) is 16.2. The lowest BCUT2D eigenvalue weighted by molar-refractivity contribution is -0.143. The van der Waals surface area contributed by atoms with E-state index in [1.807, 2.05) is 25.1 Å². The topological polar surface area (TPSA) is 55.8 Å². The molecule has 0 saturated carbocycles. The van der Waals surface area contributed by atoms with Gasteiger partial charge in [0.25, 0.3) is 5.91 Å². The Kier molecular flexibility index (Phi) is 4.21. The third-order valence-electron chi connectivity index (χ3n) is 3.38. The minimum Gasteiger partial charge on any atom is -0.476 e. The molecule has 0 radical (unpaired) electrons. The Morgan fingerprint density at radius 2 is 2.10 bits per heavy atom. The molecule has 1 heterocycles. The molecule has 5 nitrogen and oxygen atoms in total. The third kappa shape index (κ3) is 3.17. The van der Waals surface area contributed by atoms with Crippen LogP contribution >= 0.6 is 0 Å². The second kappa shape index (κ2) is 5.76. The number of fused-ring (bicyclic) bond motifs is 1. The maximum atomic E-state index is 12.5. The smallest absolute Gasteiger partial charge is 0.307 e. The fraction of sp³-hybridized carbons (Fsp3) is 0.500. The fourth-order valence-corrected chi connectivity index (χ4v) is 2.34. The summed E-state index contributed by atoms with van der Waals surface area (Å²) in [5, 5.41) is 0. The lowest BCUT2D eigenvalue weighted by atomic mass is 10.0. The van der Waals surface area contributed by atoms with E-state index in [1.54, 1.807) is 25.7 Å². The van der Waals surface area contributed by atoms with Gasteiger partial charge in [-0.3, -0.25) is 9.59 Å². The molecular weight excluding hydrogens is 270 g/mol. The van der Waals surface area contributed by atoms with E-state index in [2.05, 4.69) is 0 Å². The molecule has 5 heteroatoms. The molecular formula is C16H21NO4. The zero-order chi connectivity index (χ0) is 15.6. The van der Waals surface area contributed by atoms with Crippen LogP contribution in [0.15, 0.2) is 18.2 Å². The van der Waals surface area contributed by atoms with E-state index in [0.717, 1.165) is 5.56 Å². The van der Waals surface area contributed by atoms with E-state index in [4.69, 9.17) is 9.47 Å². The van der Waals surface area contributed by atoms with E-state index < -0.39 is 5.60 Å². The minimum absolute atomic E-state index is 0.148. The number of hydrogen-bond acceptors (Lipinski definition) is 4. The van der Waals surface area contributed by atoms with Crippen molar-refractivity contribution in [2.75, 3.05) is 18.1 Å². The average molecular weight is 291 g/mol. The zero-order valence-electron chi connectivity index (χ0n) is 12.9. The van der Waals surface area contributed by atoms with Gasteiger partial charge in [0, 0.05) is 6.54 Å². The summed E-state index contributed by atoms with van der Waals surface area (Å²) in [5.41, 5.74) is 0.811. The summed E-state index contributed by atoms with van der Waals surface area (Å²) in [7, 11) is 0. The number of hydrogen-bond donors (Lipinski definition) is 0. The first-order valence-electron chi connectivity index (χ1n) is 7.12. The van der Waals surface area contributed by atoms with Crippen LogP contribution in [0.25, 0.3) is 0 Å². The number of esters is 1. The van der Waals surface area contributed by atoms with Crippen molar-refractivity contribution in [3.63, 3.8) is 0 Å². The molecule has 1 aliphatic heterocycles. The zero-order valence-corrected chi connectivity index (χ0v) is 12.9. The van der Waals surface area contributed by atoms with Gasteiger partial charge in [0.05, 0.1) is 18.7 Å². The summed E-state index contributed by atoms with van der Waals surface area (Å²) in [6.07, 6.45) is 0.170. The molecule has 0 unspecified atom stereocenters. The Balaban J connectivity index is 2.27. The number of carbonyl (C=O) groups is 2. The Bertz CT molecular complexity index is 565. The van der Waals surface area contributed by atoms with Crippen LogP contribution in [-0.4, -0.2) is 30.6 Å². The molecule has 0 saturated heterocycles. The predicted octanol–water partition coefficient (Wildman–Crippen LogP) is 2.45. The van der Waals surface area contributed by atoms with E-state index in [-0.39, 0.29) is 18.3 Å². The van der Waals surface area contributed by atoms with Crippen LogP contribution in [0.4, 0.5) is 5.69 Å². The monoisotopic (exact) mass is 291 g/mol. The van der Waals surface area contributed by atoms with Gasteiger partial charge in [-0.1, -0.05) is 6.07 Å². The Morgan fingerprint density at radius 3 is 2.76 bits per heavy atom. The third-order valence-corrected chi connectivity index (χ3v) is 3.38. The van der Waals surface area contributed by atoms with Gasteiger partial charge < -0.3 is 14.4 Å². The highest BCUT2D eigenvalue weighted by Gasteiger charge is 2.40. The molecule has 0 atom stereocenters. The van der Waals surface area contributed by atoms with E-state index in [0.29, 0.717) is 24.6 Å². The summed E-state index contributed by atoms with van der Waals surface area (Å²) < 4.78 is 10.7. The van der Waals surface area contributed by atoms with Crippen LogP contribution < -0.4 is 9.64 Å². The summed E-state index contributed by atoms with van der Waals surface area (Å²) >= 11 is 0. The molecule has 2 rings (SSSR count). The maximum absolute atomic E-state index is 12.5. The van der Waals surface area contributed by atoms with Crippen molar-refractivity contribution in [1.82, 2.24) is 0 Å². The molecule has 0 spiro atoms. The maximum Gasteiger partial charge on any atom is 0.307 e. The van der Waals surface area contributed by atoms with Gasteiger partial charge in [0.2, 0.25) is 0 Å². The Hall–Kier alpha value is -2.04. The largest absolute Gasteiger partial charge is 0.476 e. The van der Waals surface area contributed by atoms with Crippen molar-refractivity contribution in [1.29, 1.82) is 0 Å². The first kappa shape index (κ1) is 15.4. The fourth-order valence-electron chi connectivity index (χ4n) is 2.34. The van der Waals surface area contributed by atoms with Crippen LogP contribution in [0.2, 0.25) is 0 Å². The van der Waals surface area contributed by atoms with Crippen LogP contribution in [-0.2, 0) is 14.3 Å². The molecule has 1 amide bonds. The lowest BCUT2D eigenvalue weighted by Gasteiger charge is -2.38. The average Bonchev–Trinajstić information content (AvgIpc) is 2.40. The lowest BCUT2D eigenvalue weighted by Crippen LogP contribution is -2.53. The number of anilines is 1. The second-order valence-electron chi connectivity index (χ2n) is 5.60. The molecule has 114 valence electrons. The molecule has 0 aromatic heterocycles. The van der Waals surface area contributed by atoms with Gasteiger partial charge in [-0.15, -0.1) is 0 Å². The summed E-state index contributed by atoms with van der Waals surface area (Å²) in [6.45, 7) is 7.82. The molecule has 1 aromatic rings. The van der Waals surface area contributed by atoms with Crippen molar-refractivity contribution in [3.05, 3.63) is 23.8 Å². The second-order valence-corrected chi connectivity index (χ2v) is 5.60. The van der Waals surface area contributed by atoms with Gasteiger partial charge in [-0.2, -0.15) is 0 Å². The van der Waals surface area contributed by atoms with Gasteiger partial charge in [-0.05, 0) is 45.4 Å². The van der Waals surface area contributed by atoms with E-state index in [9.17, 15) is 9.59 Å².